The van der Waals surface area contributed by atoms with Gasteiger partial charge in [-0.05, 0) is 6.92 Å². The zero-order chi connectivity index (χ0) is 9.68. The smallest absolute Gasteiger partial charge is 0.0568 e. The largest absolute Gasteiger partial charge is 0.308 e. The van der Waals surface area contributed by atoms with Crippen molar-refractivity contribution in [2.24, 2.45) is 7.05 Å². The monoisotopic (exact) mass is 175 g/mol. The van der Waals surface area contributed by atoms with Gasteiger partial charge in [0.25, 0.3) is 0 Å². The first-order valence-corrected chi connectivity index (χ1v) is 4.10. The Morgan fingerprint density at radius 1 is 1.62 bits per heavy atom. The first kappa shape index (κ1) is 9.45. The van der Waals surface area contributed by atoms with Crippen LogP contribution in [0.15, 0.2) is 30.6 Å². The van der Waals surface area contributed by atoms with E-state index in [9.17, 15) is 0 Å². The zero-order valence-corrected chi connectivity index (χ0v) is 7.86. The standard InChI is InChI=1S/C10H13N3/c1-3-4-5-9(6-11)10-7-12-13(2)8-10/h3-8,11H,1-2H3/b4-3-,9-5+,11-6?. The fourth-order valence-electron chi connectivity index (χ4n) is 0.998. The predicted octanol–water partition coefficient (Wildman–Crippen LogP) is 2.03. The molecule has 0 saturated carbocycles. The molecule has 0 radical (unpaired) electrons. The Morgan fingerprint density at radius 2 is 2.38 bits per heavy atom. The Kier molecular flexibility index (Phi) is 3.20. The summed E-state index contributed by atoms with van der Waals surface area (Å²) >= 11 is 0. The highest BCUT2D eigenvalue weighted by Crippen LogP contribution is 2.10. The maximum Gasteiger partial charge on any atom is 0.0568 e. The van der Waals surface area contributed by atoms with Crippen molar-refractivity contribution in [3.63, 3.8) is 0 Å². The van der Waals surface area contributed by atoms with E-state index in [0.29, 0.717) is 0 Å². The van der Waals surface area contributed by atoms with Gasteiger partial charge >= 0.3 is 0 Å². The molecular formula is C10H13N3. The van der Waals surface area contributed by atoms with Gasteiger partial charge < -0.3 is 5.41 Å². The summed E-state index contributed by atoms with van der Waals surface area (Å²) in [5.74, 6) is 0. The van der Waals surface area contributed by atoms with Crippen LogP contribution in [0.5, 0.6) is 0 Å². The number of allylic oxidation sites excluding steroid dienone is 4. The topological polar surface area (TPSA) is 41.7 Å². The number of nitrogens with zero attached hydrogens (tertiary/aromatic N) is 2. The molecule has 1 heterocycles. The molecule has 0 aliphatic carbocycles. The van der Waals surface area contributed by atoms with Crippen LogP contribution in [0, 0.1) is 5.41 Å². The summed E-state index contributed by atoms with van der Waals surface area (Å²) in [5, 5.41) is 11.3. The van der Waals surface area contributed by atoms with Crippen molar-refractivity contribution in [1.29, 1.82) is 5.41 Å². The summed E-state index contributed by atoms with van der Waals surface area (Å²) in [6.45, 7) is 1.95. The summed E-state index contributed by atoms with van der Waals surface area (Å²) in [6, 6.07) is 0. The highest BCUT2D eigenvalue weighted by Gasteiger charge is 1.98. The lowest BCUT2D eigenvalue weighted by Crippen LogP contribution is -1.85. The van der Waals surface area contributed by atoms with Gasteiger partial charge in [0.2, 0.25) is 0 Å². The van der Waals surface area contributed by atoms with E-state index in [0.717, 1.165) is 11.1 Å². The summed E-state index contributed by atoms with van der Waals surface area (Å²) in [4.78, 5) is 0. The van der Waals surface area contributed by atoms with Crippen LogP contribution >= 0.6 is 0 Å². The number of hydrogen-bond donors (Lipinski definition) is 1. The summed E-state index contributed by atoms with van der Waals surface area (Å²) in [6.07, 6.45) is 10.7. The minimum Gasteiger partial charge on any atom is -0.308 e. The van der Waals surface area contributed by atoms with Gasteiger partial charge in [-0.1, -0.05) is 18.2 Å². The van der Waals surface area contributed by atoms with Gasteiger partial charge in [0.15, 0.2) is 0 Å². The minimum atomic E-state index is 0.867. The number of aryl methyl sites for hydroxylation is 1. The van der Waals surface area contributed by atoms with E-state index in [4.69, 9.17) is 5.41 Å². The molecule has 1 N–H and O–H groups in total. The number of hydrogen-bond acceptors (Lipinski definition) is 2. The van der Waals surface area contributed by atoms with Gasteiger partial charge in [-0.3, -0.25) is 4.68 Å². The van der Waals surface area contributed by atoms with E-state index >= 15 is 0 Å². The molecule has 0 spiro atoms. The molecule has 0 aliphatic heterocycles. The number of rotatable bonds is 3. The lowest BCUT2D eigenvalue weighted by molar-refractivity contribution is 0.767. The average molecular weight is 175 g/mol. The lowest BCUT2D eigenvalue weighted by atomic mass is 10.1. The molecular weight excluding hydrogens is 162 g/mol. The van der Waals surface area contributed by atoms with Crippen LogP contribution in [0.2, 0.25) is 0 Å². The molecule has 0 saturated heterocycles. The van der Waals surface area contributed by atoms with Crippen LogP contribution in [-0.4, -0.2) is 16.0 Å². The van der Waals surface area contributed by atoms with Crippen molar-refractivity contribution in [3.8, 4) is 0 Å². The summed E-state index contributed by atoms with van der Waals surface area (Å²) < 4.78 is 1.72. The van der Waals surface area contributed by atoms with E-state index in [-0.39, 0.29) is 0 Å². The van der Waals surface area contributed by atoms with E-state index < -0.39 is 0 Å². The molecule has 3 nitrogen and oxygen atoms in total. The maximum absolute atomic E-state index is 7.22. The predicted molar refractivity (Wildman–Crippen MR) is 54.8 cm³/mol. The zero-order valence-electron chi connectivity index (χ0n) is 7.86. The third-order valence-electron chi connectivity index (χ3n) is 1.66. The molecule has 0 aliphatic rings. The second kappa shape index (κ2) is 4.40. The fraction of sp³-hybridized carbons (Fsp3) is 0.200. The van der Waals surface area contributed by atoms with Crippen LogP contribution in [0.3, 0.4) is 0 Å². The molecule has 0 atom stereocenters. The Bertz CT molecular complexity index is 345. The van der Waals surface area contributed by atoms with Crippen molar-refractivity contribution in [1.82, 2.24) is 9.78 Å². The third-order valence-corrected chi connectivity index (χ3v) is 1.66. The average Bonchev–Trinajstić information content (AvgIpc) is 2.54. The molecule has 68 valence electrons. The van der Waals surface area contributed by atoms with E-state index in [1.807, 2.05) is 38.4 Å². The first-order chi connectivity index (χ1) is 6.27. The van der Waals surface area contributed by atoms with Crippen molar-refractivity contribution in [2.45, 2.75) is 6.92 Å². The molecule has 0 fully saturated rings. The second-order valence-electron chi connectivity index (χ2n) is 2.69. The molecule has 1 aromatic rings. The maximum atomic E-state index is 7.22. The number of aromatic nitrogens is 2. The van der Waals surface area contributed by atoms with Gasteiger partial charge in [-0.2, -0.15) is 5.10 Å². The van der Waals surface area contributed by atoms with E-state index in [2.05, 4.69) is 5.10 Å². The normalized spacial score (nSPS) is 12.3. The molecule has 0 aromatic carbocycles. The highest BCUT2D eigenvalue weighted by molar-refractivity contribution is 6.08. The van der Waals surface area contributed by atoms with Gasteiger partial charge in [0.1, 0.15) is 0 Å². The second-order valence-corrected chi connectivity index (χ2v) is 2.69. The Hall–Kier alpha value is -1.64. The van der Waals surface area contributed by atoms with Gasteiger partial charge in [-0.25, -0.2) is 0 Å². The van der Waals surface area contributed by atoms with Crippen LogP contribution in [0.25, 0.3) is 5.57 Å². The quantitative estimate of drug-likeness (QED) is 0.554. The van der Waals surface area contributed by atoms with Crippen molar-refractivity contribution in [3.05, 3.63) is 36.2 Å². The van der Waals surface area contributed by atoms with Crippen molar-refractivity contribution >= 4 is 11.8 Å². The molecule has 0 unspecified atom stereocenters. The Morgan fingerprint density at radius 3 is 2.85 bits per heavy atom. The third kappa shape index (κ3) is 2.40. The van der Waals surface area contributed by atoms with Crippen LogP contribution in [0.1, 0.15) is 12.5 Å². The van der Waals surface area contributed by atoms with Crippen molar-refractivity contribution in [2.75, 3.05) is 0 Å². The number of nitrogens with one attached hydrogen (secondary N) is 1. The van der Waals surface area contributed by atoms with Crippen LogP contribution in [0.4, 0.5) is 0 Å². The molecule has 1 rings (SSSR count). The molecule has 3 heteroatoms. The van der Waals surface area contributed by atoms with Crippen LogP contribution in [-0.2, 0) is 7.05 Å². The molecule has 0 amide bonds. The molecule has 1 aromatic heterocycles. The highest BCUT2D eigenvalue weighted by atomic mass is 15.2. The lowest BCUT2D eigenvalue weighted by Gasteiger charge is -1.92. The minimum absolute atomic E-state index is 0.867. The molecule has 13 heavy (non-hydrogen) atoms. The molecule has 0 bridgehead atoms. The van der Waals surface area contributed by atoms with E-state index in [1.165, 1.54) is 6.21 Å². The van der Waals surface area contributed by atoms with Gasteiger partial charge in [0.05, 0.1) is 6.20 Å². The SMILES string of the molecule is C/C=C\C=C(/C=N)c1cnn(C)c1. The van der Waals surface area contributed by atoms with E-state index in [1.54, 1.807) is 10.9 Å². The fourth-order valence-corrected chi connectivity index (χ4v) is 0.998. The van der Waals surface area contributed by atoms with Crippen LogP contribution < -0.4 is 0 Å². The Labute approximate surface area is 77.9 Å². The Balaban J connectivity index is 2.96. The van der Waals surface area contributed by atoms with Gasteiger partial charge in [-0.15, -0.1) is 0 Å². The van der Waals surface area contributed by atoms with Crippen molar-refractivity contribution < 1.29 is 0 Å². The summed E-state index contributed by atoms with van der Waals surface area (Å²) in [7, 11) is 1.86. The summed E-state index contributed by atoms with van der Waals surface area (Å²) in [5.41, 5.74) is 1.84. The first-order valence-electron chi connectivity index (χ1n) is 4.10. The van der Waals surface area contributed by atoms with Gasteiger partial charge in [0, 0.05) is 30.6 Å².